The summed E-state index contributed by atoms with van der Waals surface area (Å²) in [6.45, 7) is 0. The summed E-state index contributed by atoms with van der Waals surface area (Å²) in [7, 11) is 0. The minimum atomic E-state index is -1.61. The summed E-state index contributed by atoms with van der Waals surface area (Å²) in [6, 6.07) is 2.34. The fourth-order valence-electron chi connectivity index (χ4n) is 0.851. The molecule has 2 N–H and O–H groups in total. The van der Waals surface area contributed by atoms with Gasteiger partial charge in [0.05, 0.1) is 6.07 Å². The summed E-state index contributed by atoms with van der Waals surface area (Å²) < 4.78 is 12.8. The van der Waals surface area contributed by atoms with Gasteiger partial charge in [0.15, 0.2) is 17.1 Å². The van der Waals surface area contributed by atoms with E-state index >= 15 is 0 Å². The van der Waals surface area contributed by atoms with E-state index in [2.05, 4.69) is 4.98 Å². The van der Waals surface area contributed by atoms with Crippen LogP contribution in [0.25, 0.3) is 0 Å². The van der Waals surface area contributed by atoms with Crippen molar-refractivity contribution in [2.24, 2.45) is 0 Å². The zero-order valence-electron chi connectivity index (χ0n) is 6.85. The Kier molecular flexibility index (Phi) is 3.36. The van der Waals surface area contributed by atoms with Crippen molar-refractivity contribution in [2.75, 3.05) is 0 Å². The molecule has 1 aromatic heterocycles. The molecule has 4 nitrogen and oxygen atoms in total. The van der Waals surface area contributed by atoms with Crippen LogP contribution in [0, 0.1) is 17.1 Å². The molecule has 2 unspecified atom stereocenters. The molecule has 1 heterocycles. The number of aliphatic hydroxyl groups is 2. The van der Waals surface area contributed by atoms with Gasteiger partial charge in [-0.25, -0.2) is 9.37 Å². The third-order valence-corrected chi connectivity index (χ3v) is 1.87. The first-order valence-electron chi connectivity index (χ1n) is 3.63. The molecule has 0 bridgehead atoms. The van der Waals surface area contributed by atoms with Crippen LogP contribution < -0.4 is 0 Å². The van der Waals surface area contributed by atoms with Crippen LogP contribution in [-0.2, 0) is 0 Å². The van der Waals surface area contributed by atoms with E-state index in [0.29, 0.717) is 0 Å². The van der Waals surface area contributed by atoms with Crippen LogP contribution in [-0.4, -0.2) is 21.3 Å². The Morgan fingerprint density at radius 2 is 2.21 bits per heavy atom. The normalized spacial score (nSPS) is 14.5. The van der Waals surface area contributed by atoms with Crippen molar-refractivity contribution >= 4 is 11.6 Å². The lowest BCUT2D eigenvalue weighted by atomic mass is 10.1. The van der Waals surface area contributed by atoms with Crippen LogP contribution >= 0.6 is 11.6 Å². The minimum Gasteiger partial charge on any atom is -0.384 e. The van der Waals surface area contributed by atoms with E-state index in [0.717, 1.165) is 12.3 Å². The number of hydrogen-bond acceptors (Lipinski definition) is 4. The number of hydrogen-bond donors (Lipinski definition) is 2. The Morgan fingerprint density at radius 1 is 1.57 bits per heavy atom. The first-order valence-corrected chi connectivity index (χ1v) is 4.00. The van der Waals surface area contributed by atoms with Crippen molar-refractivity contribution in [3.05, 3.63) is 28.8 Å². The van der Waals surface area contributed by atoms with Gasteiger partial charge in [0.25, 0.3) is 0 Å². The zero-order valence-corrected chi connectivity index (χ0v) is 7.61. The molecule has 0 aromatic carbocycles. The fraction of sp³-hybridized carbons (Fsp3) is 0.250. The van der Waals surface area contributed by atoms with Gasteiger partial charge in [0.1, 0.15) is 6.10 Å². The molecule has 0 fully saturated rings. The summed E-state index contributed by atoms with van der Waals surface area (Å²) in [6.07, 6.45) is -2.01. The molecule has 74 valence electrons. The molecule has 0 amide bonds. The average Bonchev–Trinajstić information content (AvgIpc) is 2.20. The molecular formula is C8H6ClFN2O2. The van der Waals surface area contributed by atoms with Crippen molar-refractivity contribution in [1.29, 1.82) is 5.26 Å². The highest BCUT2D eigenvalue weighted by Crippen LogP contribution is 2.19. The molecular weight excluding hydrogens is 211 g/mol. The second kappa shape index (κ2) is 4.33. The molecule has 1 rings (SSSR count). The van der Waals surface area contributed by atoms with Crippen molar-refractivity contribution in [3.63, 3.8) is 0 Å². The molecule has 0 radical (unpaired) electrons. The summed E-state index contributed by atoms with van der Waals surface area (Å²) in [5.74, 6) is -0.812. The average molecular weight is 217 g/mol. The van der Waals surface area contributed by atoms with Gasteiger partial charge in [0.2, 0.25) is 0 Å². The molecule has 0 saturated carbocycles. The Hall–Kier alpha value is -1.22. The fourth-order valence-corrected chi connectivity index (χ4v) is 0.954. The number of aliphatic hydroxyl groups excluding tert-OH is 2. The number of aromatic nitrogens is 1. The second-order valence-corrected chi connectivity index (χ2v) is 2.92. The predicted octanol–water partition coefficient (Wildman–Crippen LogP) is 0.792. The van der Waals surface area contributed by atoms with Crippen LogP contribution in [0.5, 0.6) is 0 Å². The smallest absolute Gasteiger partial charge is 0.170 e. The third kappa shape index (κ3) is 2.17. The molecule has 0 aliphatic heterocycles. The highest BCUT2D eigenvalue weighted by Gasteiger charge is 2.19. The number of nitriles is 1. The lowest BCUT2D eigenvalue weighted by molar-refractivity contribution is 0.0523. The molecule has 14 heavy (non-hydrogen) atoms. The van der Waals surface area contributed by atoms with E-state index < -0.39 is 18.0 Å². The summed E-state index contributed by atoms with van der Waals surface area (Å²) in [4.78, 5) is 3.43. The topological polar surface area (TPSA) is 77.1 Å². The minimum absolute atomic E-state index is 0.000880. The Morgan fingerprint density at radius 3 is 2.71 bits per heavy atom. The largest absolute Gasteiger partial charge is 0.384 e. The van der Waals surface area contributed by atoms with Crippen molar-refractivity contribution < 1.29 is 14.6 Å². The molecule has 0 aliphatic carbocycles. The van der Waals surface area contributed by atoms with Gasteiger partial charge in [-0.05, 0) is 6.07 Å². The summed E-state index contributed by atoms with van der Waals surface area (Å²) >= 11 is 5.30. The molecule has 6 heteroatoms. The van der Waals surface area contributed by atoms with E-state index in [1.165, 1.54) is 6.07 Å². The molecule has 0 saturated heterocycles. The van der Waals surface area contributed by atoms with Crippen LogP contribution in [0.1, 0.15) is 11.7 Å². The van der Waals surface area contributed by atoms with E-state index in [9.17, 15) is 9.50 Å². The van der Waals surface area contributed by atoms with Gasteiger partial charge in [0, 0.05) is 11.8 Å². The van der Waals surface area contributed by atoms with Crippen molar-refractivity contribution in [2.45, 2.75) is 12.2 Å². The van der Waals surface area contributed by atoms with Gasteiger partial charge in [-0.3, -0.25) is 0 Å². The number of halogens is 2. The first-order chi connectivity index (χ1) is 6.56. The lowest BCUT2D eigenvalue weighted by Gasteiger charge is -2.11. The van der Waals surface area contributed by atoms with E-state index in [4.69, 9.17) is 22.0 Å². The Balaban J connectivity index is 2.98. The highest BCUT2D eigenvalue weighted by molar-refractivity contribution is 6.29. The Labute approximate surface area is 84.2 Å². The monoisotopic (exact) mass is 216 g/mol. The van der Waals surface area contributed by atoms with Gasteiger partial charge in [-0.2, -0.15) is 5.26 Å². The first kappa shape index (κ1) is 10.9. The van der Waals surface area contributed by atoms with Crippen molar-refractivity contribution in [3.8, 4) is 6.07 Å². The third-order valence-electron chi connectivity index (χ3n) is 1.59. The number of nitrogens with zero attached hydrogens (tertiary/aromatic N) is 2. The van der Waals surface area contributed by atoms with Crippen LogP contribution in [0.4, 0.5) is 4.39 Å². The quantitative estimate of drug-likeness (QED) is 0.566. The van der Waals surface area contributed by atoms with Gasteiger partial charge < -0.3 is 10.2 Å². The Bertz CT molecular complexity index is 380. The van der Waals surface area contributed by atoms with Crippen LogP contribution in [0.3, 0.4) is 0 Å². The molecule has 0 aliphatic rings. The summed E-state index contributed by atoms with van der Waals surface area (Å²) in [5, 5.41) is 26.2. The highest BCUT2D eigenvalue weighted by atomic mass is 35.5. The van der Waals surface area contributed by atoms with Gasteiger partial charge in [-0.15, -0.1) is 0 Å². The molecule has 0 spiro atoms. The maximum absolute atomic E-state index is 12.8. The molecule has 2 atom stereocenters. The van der Waals surface area contributed by atoms with Gasteiger partial charge in [-0.1, -0.05) is 11.6 Å². The van der Waals surface area contributed by atoms with Crippen molar-refractivity contribution in [1.82, 2.24) is 4.98 Å². The predicted molar refractivity (Wildman–Crippen MR) is 45.8 cm³/mol. The van der Waals surface area contributed by atoms with Crippen LogP contribution in [0.2, 0.25) is 5.15 Å². The van der Waals surface area contributed by atoms with E-state index in [-0.39, 0.29) is 10.7 Å². The molecule has 1 aromatic rings. The maximum Gasteiger partial charge on any atom is 0.170 e. The SMILES string of the molecule is N#CC(O)C(O)c1cnc(Cl)c(F)c1. The summed E-state index contributed by atoms with van der Waals surface area (Å²) in [5.41, 5.74) is 0.000880. The van der Waals surface area contributed by atoms with E-state index in [1.807, 2.05) is 0 Å². The maximum atomic E-state index is 12.8. The number of rotatable bonds is 2. The van der Waals surface area contributed by atoms with Gasteiger partial charge >= 0.3 is 0 Å². The van der Waals surface area contributed by atoms with Crippen LogP contribution in [0.15, 0.2) is 12.3 Å². The van der Waals surface area contributed by atoms with E-state index in [1.54, 1.807) is 0 Å². The standard InChI is InChI=1S/C8H6ClFN2O2/c9-8-5(10)1-4(3-12-8)7(14)6(13)2-11/h1,3,6-7,13-14H. The second-order valence-electron chi connectivity index (χ2n) is 2.56. The number of pyridine rings is 1. The lowest BCUT2D eigenvalue weighted by Crippen LogP contribution is -2.16. The zero-order chi connectivity index (χ0) is 10.7.